The third kappa shape index (κ3) is 5.38. The molecule has 188 valence electrons. The standard InChI is InChI=1S/C30H34N2O4/c1-18-23(15-27(36-18)29(2,3)4)28(34)31-21-11-8-19(9-12-21)26(33)16-25-24-14-22(35-7)13-10-20(24)17-30(5,6)32-25/h8-16,32H,17H2,1-7H3,(H,31,34). The van der Waals surface area contributed by atoms with E-state index in [0.29, 0.717) is 22.6 Å². The zero-order valence-corrected chi connectivity index (χ0v) is 22.0. The summed E-state index contributed by atoms with van der Waals surface area (Å²) in [6, 6.07) is 14.7. The Kier molecular flexibility index (Phi) is 6.56. The van der Waals surface area contributed by atoms with E-state index in [2.05, 4.69) is 30.5 Å². The normalized spacial score (nSPS) is 15.7. The summed E-state index contributed by atoms with van der Waals surface area (Å²) in [6.07, 6.45) is 2.48. The van der Waals surface area contributed by atoms with E-state index in [4.69, 9.17) is 9.15 Å². The van der Waals surface area contributed by atoms with E-state index in [1.54, 1.807) is 50.4 Å². The number of anilines is 1. The van der Waals surface area contributed by atoms with Gasteiger partial charge in [-0.25, -0.2) is 0 Å². The van der Waals surface area contributed by atoms with Gasteiger partial charge in [0, 0.05) is 39.5 Å². The second-order valence-corrected chi connectivity index (χ2v) is 11.0. The number of nitrogens with one attached hydrogen (secondary N) is 2. The minimum absolute atomic E-state index is 0.123. The largest absolute Gasteiger partial charge is 0.497 e. The molecule has 0 aliphatic carbocycles. The molecule has 1 amide bonds. The van der Waals surface area contributed by atoms with Crippen LogP contribution in [0.4, 0.5) is 5.69 Å². The highest BCUT2D eigenvalue weighted by Crippen LogP contribution is 2.32. The van der Waals surface area contributed by atoms with Gasteiger partial charge < -0.3 is 19.8 Å². The average molecular weight is 487 g/mol. The fourth-order valence-corrected chi connectivity index (χ4v) is 4.36. The first-order valence-corrected chi connectivity index (χ1v) is 12.1. The lowest BCUT2D eigenvalue weighted by atomic mass is 9.85. The van der Waals surface area contributed by atoms with E-state index in [9.17, 15) is 9.59 Å². The molecule has 2 aromatic carbocycles. The van der Waals surface area contributed by atoms with Crippen LogP contribution in [-0.2, 0) is 11.8 Å². The van der Waals surface area contributed by atoms with Crippen molar-refractivity contribution >= 4 is 23.1 Å². The van der Waals surface area contributed by atoms with Crippen molar-refractivity contribution < 1.29 is 18.7 Å². The van der Waals surface area contributed by atoms with Crippen molar-refractivity contribution in [3.05, 3.63) is 88.4 Å². The molecule has 2 N–H and O–H groups in total. The van der Waals surface area contributed by atoms with Gasteiger partial charge in [-0.2, -0.15) is 0 Å². The van der Waals surface area contributed by atoms with Crippen molar-refractivity contribution in [1.82, 2.24) is 5.32 Å². The van der Waals surface area contributed by atoms with Crippen molar-refractivity contribution in [2.45, 2.75) is 58.9 Å². The molecular weight excluding hydrogens is 452 g/mol. The van der Waals surface area contributed by atoms with Crippen LogP contribution in [0.15, 0.2) is 59.0 Å². The number of aryl methyl sites for hydroxylation is 1. The molecule has 0 bridgehead atoms. The van der Waals surface area contributed by atoms with E-state index >= 15 is 0 Å². The number of hydrogen-bond acceptors (Lipinski definition) is 5. The molecular formula is C30H34N2O4. The van der Waals surface area contributed by atoms with Crippen molar-refractivity contribution in [2.75, 3.05) is 12.4 Å². The highest BCUT2D eigenvalue weighted by atomic mass is 16.5. The number of benzene rings is 2. The van der Waals surface area contributed by atoms with E-state index in [1.807, 2.05) is 32.9 Å². The molecule has 3 aromatic rings. The van der Waals surface area contributed by atoms with Gasteiger partial charge in [-0.05, 0) is 75.2 Å². The number of methoxy groups -OCH3 is 1. The first kappa shape index (κ1) is 25.3. The molecule has 1 aromatic heterocycles. The lowest BCUT2D eigenvalue weighted by Crippen LogP contribution is -2.43. The van der Waals surface area contributed by atoms with Crippen molar-refractivity contribution in [3.63, 3.8) is 0 Å². The molecule has 0 fully saturated rings. The predicted octanol–water partition coefficient (Wildman–Crippen LogP) is 6.29. The zero-order valence-electron chi connectivity index (χ0n) is 22.0. The summed E-state index contributed by atoms with van der Waals surface area (Å²) in [5.74, 6) is 1.72. The molecule has 0 spiro atoms. The topological polar surface area (TPSA) is 80.6 Å². The van der Waals surface area contributed by atoms with Crippen LogP contribution >= 0.6 is 0 Å². The fourth-order valence-electron chi connectivity index (χ4n) is 4.36. The maximum atomic E-state index is 13.1. The fraction of sp³-hybridized carbons (Fsp3) is 0.333. The molecule has 0 unspecified atom stereocenters. The molecule has 1 aliphatic rings. The minimum Gasteiger partial charge on any atom is -0.497 e. The van der Waals surface area contributed by atoms with Crippen LogP contribution in [0.1, 0.15) is 78.0 Å². The van der Waals surface area contributed by atoms with Crippen LogP contribution in [0.3, 0.4) is 0 Å². The Morgan fingerprint density at radius 1 is 1.08 bits per heavy atom. The molecule has 2 heterocycles. The monoisotopic (exact) mass is 486 g/mol. The SMILES string of the molecule is COc1ccc2c(c1)C(=CC(=O)c1ccc(NC(=O)c3cc(C(C)(C)C)oc3C)cc1)NC(C)(C)C2. The van der Waals surface area contributed by atoms with Crippen LogP contribution in [0.2, 0.25) is 0 Å². The van der Waals surface area contributed by atoms with E-state index in [0.717, 1.165) is 29.2 Å². The highest BCUT2D eigenvalue weighted by molar-refractivity contribution is 6.09. The Balaban J connectivity index is 1.53. The maximum absolute atomic E-state index is 13.1. The number of ether oxygens (including phenoxy) is 1. The van der Waals surface area contributed by atoms with Crippen molar-refractivity contribution in [2.24, 2.45) is 0 Å². The van der Waals surface area contributed by atoms with Gasteiger partial charge in [0.25, 0.3) is 5.91 Å². The number of amides is 1. The third-order valence-corrected chi connectivity index (χ3v) is 6.32. The van der Waals surface area contributed by atoms with Crippen molar-refractivity contribution in [1.29, 1.82) is 0 Å². The third-order valence-electron chi connectivity index (χ3n) is 6.32. The number of carbonyl (C=O) groups excluding carboxylic acids is 2. The summed E-state index contributed by atoms with van der Waals surface area (Å²) in [5, 5.41) is 6.39. The number of ketones is 1. The molecule has 0 saturated heterocycles. The van der Waals surface area contributed by atoms with Gasteiger partial charge in [0.1, 0.15) is 17.3 Å². The van der Waals surface area contributed by atoms with Gasteiger partial charge in [-0.3, -0.25) is 9.59 Å². The second-order valence-electron chi connectivity index (χ2n) is 11.0. The molecule has 0 atom stereocenters. The Morgan fingerprint density at radius 3 is 2.39 bits per heavy atom. The Morgan fingerprint density at radius 2 is 1.78 bits per heavy atom. The first-order chi connectivity index (χ1) is 16.9. The molecule has 1 aliphatic heterocycles. The summed E-state index contributed by atoms with van der Waals surface area (Å²) >= 11 is 0. The van der Waals surface area contributed by atoms with Crippen LogP contribution in [-0.4, -0.2) is 24.3 Å². The molecule has 6 heteroatoms. The highest BCUT2D eigenvalue weighted by Gasteiger charge is 2.28. The zero-order chi connectivity index (χ0) is 26.3. The minimum atomic E-state index is -0.243. The maximum Gasteiger partial charge on any atom is 0.259 e. The van der Waals surface area contributed by atoms with Crippen LogP contribution < -0.4 is 15.4 Å². The van der Waals surface area contributed by atoms with Crippen LogP contribution in [0.5, 0.6) is 5.75 Å². The lowest BCUT2D eigenvalue weighted by Gasteiger charge is -2.35. The molecule has 0 saturated carbocycles. The average Bonchev–Trinajstić information content (AvgIpc) is 3.21. The lowest BCUT2D eigenvalue weighted by molar-refractivity contribution is 0.102. The molecule has 0 radical (unpaired) electrons. The Bertz CT molecular complexity index is 1340. The van der Waals surface area contributed by atoms with E-state index < -0.39 is 0 Å². The number of furan rings is 1. The Hall–Kier alpha value is -3.80. The summed E-state index contributed by atoms with van der Waals surface area (Å²) in [4.78, 5) is 26.0. The van der Waals surface area contributed by atoms with Gasteiger partial charge in [-0.15, -0.1) is 0 Å². The predicted molar refractivity (Wildman–Crippen MR) is 143 cm³/mol. The van der Waals surface area contributed by atoms with E-state index in [-0.39, 0.29) is 22.6 Å². The summed E-state index contributed by atoms with van der Waals surface area (Å²) in [5.41, 5.74) is 4.18. The van der Waals surface area contributed by atoms with Gasteiger partial charge >= 0.3 is 0 Å². The number of fused-ring (bicyclic) bond motifs is 1. The molecule has 6 nitrogen and oxygen atoms in total. The summed E-state index contributed by atoms with van der Waals surface area (Å²) in [7, 11) is 1.63. The number of hydrogen-bond donors (Lipinski definition) is 2. The summed E-state index contributed by atoms with van der Waals surface area (Å²) in [6.45, 7) is 12.1. The van der Waals surface area contributed by atoms with E-state index in [1.165, 1.54) is 5.56 Å². The first-order valence-electron chi connectivity index (χ1n) is 12.1. The van der Waals surface area contributed by atoms with Crippen LogP contribution in [0, 0.1) is 6.92 Å². The van der Waals surface area contributed by atoms with Gasteiger partial charge in [0.05, 0.1) is 12.7 Å². The van der Waals surface area contributed by atoms with Gasteiger partial charge in [0.2, 0.25) is 0 Å². The van der Waals surface area contributed by atoms with Gasteiger partial charge in [0.15, 0.2) is 5.78 Å². The Labute approximate surface area is 212 Å². The number of carbonyl (C=O) groups is 2. The van der Waals surface area contributed by atoms with Crippen molar-refractivity contribution in [3.8, 4) is 5.75 Å². The number of rotatable bonds is 5. The quantitative estimate of drug-likeness (QED) is 0.327. The summed E-state index contributed by atoms with van der Waals surface area (Å²) < 4.78 is 11.2. The molecule has 36 heavy (non-hydrogen) atoms. The smallest absolute Gasteiger partial charge is 0.259 e. The molecule has 4 rings (SSSR count). The number of allylic oxidation sites excluding steroid dienone is 1. The second kappa shape index (κ2) is 9.34. The van der Waals surface area contributed by atoms with Gasteiger partial charge in [-0.1, -0.05) is 26.8 Å². The van der Waals surface area contributed by atoms with Crippen LogP contribution in [0.25, 0.3) is 5.70 Å².